The normalized spacial score (nSPS) is 18.2. The molecule has 2 atom stereocenters. The highest BCUT2D eigenvalue weighted by Crippen LogP contribution is 2.54. The number of benzene rings is 4. The van der Waals surface area contributed by atoms with Crippen LogP contribution in [0.25, 0.3) is 0 Å². The average molecular weight is 587 g/mol. The molecule has 0 spiro atoms. The molecule has 4 aromatic carbocycles. The van der Waals surface area contributed by atoms with Crippen LogP contribution in [0.1, 0.15) is 36.1 Å². The largest absolute Gasteiger partial charge is 0.496 e. The summed E-state index contributed by atoms with van der Waals surface area (Å²) in [6, 6.07) is 28.6. The maximum absolute atomic E-state index is 13.3. The van der Waals surface area contributed by atoms with Gasteiger partial charge in [-0.1, -0.05) is 72.8 Å². The molecule has 0 amide bonds. The van der Waals surface area contributed by atoms with Gasteiger partial charge in [0, 0.05) is 22.3 Å². The summed E-state index contributed by atoms with van der Waals surface area (Å²) in [4.78, 5) is 0. The fourth-order valence-electron chi connectivity index (χ4n) is 6.11. The summed E-state index contributed by atoms with van der Waals surface area (Å²) < 4.78 is 36.3. The maximum Gasteiger partial charge on any atom is 0.164 e. The molecule has 5 rings (SSSR count). The van der Waals surface area contributed by atoms with E-state index in [-0.39, 0.29) is 0 Å². The molecule has 8 heteroatoms. The third kappa shape index (κ3) is 5.10. The first kappa shape index (κ1) is 30.4. The van der Waals surface area contributed by atoms with E-state index in [1.165, 1.54) is 28.4 Å². The van der Waals surface area contributed by atoms with Crippen LogP contribution < -0.4 is 18.9 Å². The molecule has 1 heterocycles. The Kier molecular flexibility index (Phi) is 8.40. The Labute approximate surface area is 252 Å². The minimum Gasteiger partial charge on any atom is -0.496 e. The van der Waals surface area contributed by atoms with E-state index in [0.717, 1.165) is 0 Å². The van der Waals surface area contributed by atoms with Crippen LogP contribution in [-0.4, -0.2) is 56.6 Å². The fourth-order valence-corrected chi connectivity index (χ4v) is 6.11. The number of aliphatic hydroxyl groups is 2. The van der Waals surface area contributed by atoms with Crippen LogP contribution in [0.4, 0.5) is 0 Å². The van der Waals surface area contributed by atoms with Gasteiger partial charge in [0.1, 0.15) is 35.2 Å². The van der Waals surface area contributed by atoms with Gasteiger partial charge in [-0.25, -0.2) is 0 Å². The second-order valence-corrected chi connectivity index (χ2v) is 10.8. The average Bonchev–Trinajstić information content (AvgIpc) is 3.39. The van der Waals surface area contributed by atoms with Gasteiger partial charge >= 0.3 is 0 Å². The minimum atomic E-state index is -1.96. The fraction of sp³-hybridized carbons (Fsp3) is 0.314. The zero-order chi connectivity index (χ0) is 30.8. The van der Waals surface area contributed by atoms with E-state index in [1.54, 1.807) is 86.6 Å². The quantitative estimate of drug-likeness (QED) is 0.255. The lowest BCUT2D eigenvalue weighted by atomic mass is 9.71. The predicted octanol–water partition coefficient (Wildman–Crippen LogP) is 5.41. The minimum absolute atomic E-state index is 0.403. The summed E-state index contributed by atoms with van der Waals surface area (Å²) in [5, 5.41) is 26.5. The lowest BCUT2D eigenvalue weighted by Crippen LogP contribution is -2.55. The zero-order valence-corrected chi connectivity index (χ0v) is 25.2. The van der Waals surface area contributed by atoms with Crippen LogP contribution in [0, 0.1) is 0 Å². The van der Waals surface area contributed by atoms with Crippen molar-refractivity contribution in [3.05, 3.63) is 119 Å². The standard InChI is InChI=1S/C35H38O8/c1-33(2)42-31(34(36,23-15-7-11-19-27(23)38-3)24-16-8-12-20-28(24)39-4)32(43-33)35(37,25-17-9-13-21-29(25)40-5)26-18-10-14-22-30(26)41-6/h7-22,31-32,36-37H,1-6H3/t31-,32-/m1/s1. The molecule has 226 valence electrons. The van der Waals surface area contributed by atoms with Crippen LogP contribution in [0.3, 0.4) is 0 Å². The number of methoxy groups -OCH3 is 4. The van der Waals surface area contributed by atoms with Crippen molar-refractivity contribution >= 4 is 0 Å². The van der Waals surface area contributed by atoms with Crippen molar-refractivity contribution in [2.45, 2.75) is 43.0 Å². The number of ether oxygens (including phenoxy) is 6. The van der Waals surface area contributed by atoms with Gasteiger partial charge in [-0.3, -0.25) is 0 Å². The van der Waals surface area contributed by atoms with Crippen LogP contribution in [0.15, 0.2) is 97.1 Å². The summed E-state index contributed by atoms with van der Waals surface area (Å²) >= 11 is 0. The van der Waals surface area contributed by atoms with Crippen molar-refractivity contribution in [2.24, 2.45) is 0 Å². The lowest BCUT2D eigenvalue weighted by Gasteiger charge is -2.43. The molecule has 1 aliphatic heterocycles. The molecular formula is C35H38O8. The van der Waals surface area contributed by atoms with E-state index in [1.807, 2.05) is 24.3 Å². The molecule has 0 saturated carbocycles. The monoisotopic (exact) mass is 586 g/mol. The van der Waals surface area contributed by atoms with E-state index in [9.17, 15) is 10.2 Å². The molecule has 8 nitrogen and oxygen atoms in total. The first-order valence-corrected chi connectivity index (χ1v) is 14.0. The van der Waals surface area contributed by atoms with Gasteiger partial charge in [-0.05, 0) is 38.1 Å². The molecule has 1 fully saturated rings. The van der Waals surface area contributed by atoms with E-state index in [4.69, 9.17) is 28.4 Å². The third-order valence-electron chi connectivity index (χ3n) is 7.99. The smallest absolute Gasteiger partial charge is 0.164 e. The van der Waals surface area contributed by atoms with Crippen molar-refractivity contribution in [3.8, 4) is 23.0 Å². The van der Waals surface area contributed by atoms with Gasteiger partial charge in [0.25, 0.3) is 0 Å². The first-order valence-electron chi connectivity index (χ1n) is 14.0. The predicted molar refractivity (Wildman–Crippen MR) is 162 cm³/mol. The molecule has 0 radical (unpaired) electrons. The molecule has 0 bridgehead atoms. The Morgan fingerprint density at radius 3 is 0.953 bits per heavy atom. The van der Waals surface area contributed by atoms with Crippen molar-refractivity contribution in [1.82, 2.24) is 0 Å². The Bertz CT molecular complexity index is 1350. The number of rotatable bonds is 10. The third-order valence-corrected chi connectivity index (χ3v) is 7.99. The van der Waals surface area contributed by atoms with Gasteiger partial charge in [0.2, 0.25) is 0 Å². The molecule has 0 aliphatic carbocycles. The van der Waals surface area contributed by atoms with Gasteiger partial charge < -0.3 is 38.6 Å². The molecule has 43 heavy (non-hydrogen) atoms. The molecule has 1 saturated heterocycles. The molecule has 2 N–H and O–H groups in total. The highest BCUT2D eigenvalue weighted by Gasteiger charge is 2.63. The number of hydrogen-bond donors (Lipinski definition) is 2. The van der Waals surface area contributed by atoms with Gasteiger partial charge in [0.15, 0.2) is 17.0 Å². The van der Waals surface area contributed by atoms with E-state index >= 15 is 0 Å². The Hall–Kier alpha value is -4.08. The number of hydrogen-bond acceptors (Lipinski definition) is 8. The van der Waals surface area contributed by atoms with Crippen molar-refractivity contribution in [2.75, 3.05) is 28.4 Å². The van der Waals surface area contributed by atoms with E-state index in [2.05, 4.69) is 0 Å². The van der Waals surface area contributed by atoms with Crippen molar-refractivity contribution in [1.29, 1.82) is 0 Å². The van der Waals surface area contributed by atoms with Crippen LogP contribution >= 0.6 is 0 Å². The summed E-state index contributed by atoms with van der Waals surface area (Å²) in [5.74, 6) is 0.426. The number of para-hydroxylation sites is 4. The Morgan fingerprint density at radius 1 is 0.488 bits per heavy atom. The maximum atomic E-state index is 13.3. The summed E-state index contributed by atoms with van der Waals surface area (Å²) in [6.07, 6.45) is -2.45. The first-order chi connectivity index (χ1) is 20.6. The van der Waals surface area contributed by atoms with Crippen molar-refractivity contribution in [3.63, 3.8) is 0 Å². The topological polar surface area (TPSA) is 95.8 Å². The molecular weight excluding hydrogens is 548 g/mol. The van der Waals surface area contributed by atoms with Crippen molar-refractivity contribution < 1.29 is 38.6 Å². The van der Waals surface area contributed by atoms with Crippen LogP contribution in [0.5, 0.6) is 23.0 Å². The second kappa shape index (κ2) is 11.9. The molecule has 0 unspecified atom stereocenters. The summed E-state index contributed by atoms with van der Waals surface area (Å²) in [7, 11) is 6.15. The van der Waals surface area contributed by atoms with Gasteiger partial charge in [-0.2, -0.15) is 0 Å². The molecule has 0 aromatic heterocycles. The van der Waals surface area contributed by atoms with E-state index < -0.39 is 29.2 Å². The SMILES string of the molecule is COc1ccccc1C(O)(c1ccccc1OC)[C@@H]1OC(C)(C)O[C@H]1C(O)(c1ccccc1OC)c1ccccc1OC. The molecule has 4 aromatic rings. The van der Waals surface area contributed by atoms with Crippen LogP contribution in [0.2, 0.25) is 0 Å². The van der Waals surface area contributed by atoms with Crippen LogP contribution in [-0.2, 0) is 20.7 Å². The Morgan fingerprint density at radius 2 is 0.721 bits per heavy atom. The second-order valence-electron chi connectivity index (χ2n) is 10.8. The highest BCUT2D eigenvalue weighted by molar-refractivity contribution is 5.55. The Balaban J connectivity index is 1.88. The lowest BCUT2D eigenvalue weighted by molar-refractivity contribution is -0.172. The van der Waals surface area contributed by atoms with Gasteiger partial charge in [-0.15, -0.1) is 0 Å². The summed E-state index contributed by atoms with van der Waals surface area (Å²) in [5.41, 5.74) is -2.31. The zero-order valence-electron chi connectivity index (χ0n) is 25.2. The molecule has 1 aliphatic rings. The summed E-state index contributed by atoms with van der Waals surface area (Å²) in [6.45, 7) is 3.49. The van der Waals surface area contributed by atoms with Gasteiger partial charge in [0.05, 0.1) is 28.4 Å². The highest BCUT2D eigenvalue weighted by atomic mass is 16.8. The van der Waals surface area contributed by atoms with E-state index in [0.29, 0.717) is 45.3 Å².